The van der Waals surface area contributed by atoms with Gasteiger partial charge >= 0.3 is 12.1 Å². The minimum atomic E-state index is -0.891. The summed E-state index contributed by atoms with van der Waals surface area (Å²) in [6.07, 6.45) is 1.35. The van der Waals surface area contributed by atoms with Gasteiger partial charge in [0.15, 0.2) is 0 Å². The highest BCUT2D eigenvalue weighted by molar-refractivity contribution is 5.89. The van der Waals surface area contributed by atoms with Crippen molar-refractivity contribution in [2.75, 3.05) is 6.61 Å². The van der Waals surface area contributed by atoms with Crippen LogP contribution < -0.4 is 11.1 Å². The zero-order chi connectivity index (χ0) is 13.4. The number of hydrogen-bond acceptors (Lipinski definition) is 3. The molecule has 0 spiro atoms. The first kappa shape index (κ1) is 15.7. The highest BCUT2D eigenvalue weighted by Crippen LogP contribution is 2.22. The van der Waals surface area contributed by atoms with Crippen molar-refractivity contribution >= 4 is 12.1 Å². The number of hydrogen-bond donors (Lipinski definition) is 2. The SMILES string of the molecule is CCC(C)CC(COC(=O)NC(N)=O)C(C)C. The Hall–Kier alpha value is -1.26. The lowest BCUT2D eigenvalue weighted by molar-refractivity contribution is 0.107. The second kappa shape index (κ2) is 7.92. The quantitative estimate of drug-likeness (QED) is 0.753. The monoisotopic (exact) mass is 244 g/mol. The Morgan fingerprint density at radius 2 is 1.88 bits per heavy atom. The number of amides is 3. The van der Waals surface area contributed by atoms with E-state index in [1.54, 1.807) is 0 Å². The molecule has 2 atom stereocenters. The van der Waals surface area contributed by atoms with Gasteiger partial charge in [0.2, 0.25) is 0 Å². The van der Waals surface area contributed by atoms with Crippen molar-refractivity contribution < 1.29 is 14.3 Å². The van der Waals surface area contributed by atoms with E-state index < -0.39 is 12.1 Å². The Kier molecular flexibility index (Phi) is 7.34. The third-order valence-electron chi connectivity index (χ3n) is 3.00. The molecule has 0 aromatic carbocycles. The third kappa shape index (κ3) is 7.60. The van der Waals surface area contributed by atoms with Crippen LogP contribution in [-0.2, 0) is 4.74 Å². The van der Waals surface area contributed by atoms with Crippen LogP contribution in [0.1, 0.15) is 40.5 Å². The number of imide groups is 1. The summed E-state index contributed by atoms with van der Waals surface area (Å²) in [6, 6.07) is -0.891. The Morgan fingerprint density at radius 3 is 2.29 bits per heavy atom. The lowest BCUT2D eigenvalue weighted by Crippen LogP contribution is -2.36. The summed E-state index contributed by atoms with van der Waals surface area (Å²) in [5.41, 5.74) is 4.81. The summed E-state index contributed by atoms with van der Waals surface area (Å²) in [5.74, 6) is 1.35. The van der Waals surface area contributed by atoms with E-state index in [2.05, 4.69) is 27.7 Å². The summed E-state index contributed by atoms with van der Waals surface area (Å²) in [5, 5.41) is 1.88. The Balaban J connectivity index is 4.09. The maximum atomic E-state index is 11.1. The largest absolute Gasteiger partial charge is 0.449 e. The van der Waals surface area contributed by atoms with Gasteiger partial charge in [-0.2, -0.15) is 0 Å². The van der Waals surface area contributed by atoms with Crippen LogP contribution in [0.3, 0.4) is 0 Å². The molecule has 3 amide bonds. The lowest BCUT2D eigenvalue weighted by atomic mass is 9.87. The molecule has 0 saturated carbocycles. The van der Waals surface area contributed by atoms with Crippen molar-refractivity contribution in [1.82, 2.24) is 5.32 Å². The summed E-state index contributed by atoms with van der Waals surface area (Å²) < 4.78 is 4.97. The molecular weight excluding hydrogens is 220 g/mol. The van der Waals surface area contributed by atoms with Gasteiger partial charge in [0.1, 0.15) is 0 Å². The van der Waals surface area contributed by atoms with E-state index in [0.29, 0.717) is 24.4 Å². The van der Waals surface area contributed by atoms with Gasteiger partial charge in [-0.15, -0.1) is 0 Å². The van der Waals surface area contributed by atoms with E-state index in [9.17, 15) is 9.59 Å². The zero-order valence-corrected chi connectivity index (χ0v) is 11.2. The van der Waals surface area contributed by atoms with Gasteiger partial charge in [0, 0.05) is 0 Å². The van der Waals surface area contributed by atoms with Crippen LogP contribution >= 0.6 is 0 Å². The van der Waals surface area contributed by atoms with E-state index in [4.69, 9.17) is 10.5 Å². The number of alkyl carbamates (subject to hydrolysis) is 1. The molecular formula is C12H24N2O3. The molecule has 0 aromatic rings. The first-order valence-electron chi connectivity index (χ1n) is 6.10. The number of rotatable bonds is 6. The van der Waals surface area contributed by atoms with Crippen LogP contribution in [-0.4, -0.2) is 18.7 Å². The van der Waals surface area contributed by atoms with Crippen molar-refractivity contribution in [2.24, 2.45) is 23.5 Å². The van der Waals surface area contributed by atoms with Crippen LogP contribution in [0.15, 0.2) is 0 Å². The molecule has 5 heteroatoms. The summed E-state index contributed by atoms with van der Waals surface area (Å²) >= 11 is 0. The molecule has 0 heterocycles. The molecule has 100 valence electrons. The summed E-state index contributed by atoms with van der Waals surface area (Å²) in [6.45, 7) is 8.84. The maximum Gasteiger partial charge on any atom is 0.415 e. The molecule has 0 bridgehead atoms. The number of carbonyl (C=O) groups excluding carboxylic acids is 2. The molecule has 0 aromatic heterocycles. The van der Waals surface area contributed by atoms with Crippen molar-refractivity contribution in [3.63, 3.8) is 0 Å². The molecule has 0 saturated heterocycles. The molecule has 2 unspecified atom stereocenters. The number of nitrogens with two attached hydrogens (primary N) is 1. The van der Waals surface area contributed by atoms with Crippen molar-refractivity contribution in [1.29, 1.82) is 0 Å². The molecule has 3 N–H and O–H groups in total. The van der Waals surface area contributed by atoms with Crippen LogP contribution in [0.4, 0.5) is 9.59 Å². The molecule has 0 rings (SSSR count). The van der Waals surface area contributed by atoms with Gasteiger partial charge in [-0.3, -0.25) is 0 Å². The molecule has 0 radical (unpaired) electrons. The minimum absolute atomic E-state index is 0.309. The van der Waals surface area contributed by atoms with Crippen molar-refractivity contribution in [3.8, 4) is 0 Å². The van der Waals surface area contributed by atoms with E-state index in [-0.39, 0.29) is 0 Å². The van der Waals surface area contributed by atoms with E-state index in [1.165, 1.54) is 0 Å². The van der Waals surface area contributed by atoms with Crippen LogP contribution in [0, 0.1) is 17.8 Å². The highest BCUT2D eigenvalue weighted by atomic mass is 16.5. The number of primary amides is 1. The average Bonchev–Trinajstić information content (AvgIpc) is 2.22. The predicted molar refractivity (Wildman–Crippen MR) is 66.5 cm³/mol. The van der Waals surface area contributed by atoms with Crippen molar-refractivity contribution in [2.45, 2.75) is 40.5 Å². The van der Waals surface area contributed by atoms with Gasteiger partial charge in [-0.1, -0.05) is 34.1 Å². The fourth-order valence-electron chi connectivity index (χ4n) is 1.54. The second-order valence-electron chi connectivity index (χ2n) is 4.84. The third-order valence-corrected chi connectivity index (χ3v) is 3.00. The second-order valence-corrected chi connectivity index (χ2v) is 4.84. The Labute approximate surface area is 103 Å². The van der Waals surface area contributed by atoms with Gasteiger partial charge in [-0.25, -0.2) is 14.9 Å². The maximum absolute atomic E-state index is 11.1. The normalized spacial score (nSPS) is 14.2. The first-order valence-corrected chi connectivity index (χ1v) is 6.10. The fraction of sp³-hybridized carbons (Fsp3) is 0.833. The average molecular weight is 244 g/mol. The summed E-state index contributed by atoms with van der Waals surface area (Å²) in [7, 11) is 0. The molecule has 0 fully saturated rings. The number of urea groups is 1. The van der Waals surface area contributed by atoms with Gasteiger partial charge < -0.3 is 10.5 Å². The van der Waals surface area contributed by atoms with Gasteiger partial charge in [0.05, 0.1) is 6.61 Å². The minimum Gasteiger partial charge on any atom is -0.449 e. The molecule has 5 nitrogen and oxygen atoms in total. The standard InChI is InChI=1S/C12H24N2O3/c1-5-9(4)6-10(8(2)3)7-17-12(16)14-11(13)15/h8-10H,5-7H2,1-4H3,(H3,13,14,15,16). The van der Waals surface area contributed by atoms with E-state index in [0.717, 1.165) is 12.8 Å². The molecule has 0 aliphatic rings. The molecule has 0 aliphatic carbocycles. The first-order chi connectivity index (χ1) is 7.86. The number of ether oxygens (including phenoxy) is 1. The van der Waals surface area contributed by atoms with Crippen LogP contribution in [0.2, 0.25) is 0 Å². The van der Waals surface area contributed by atoms with Crippen LogP contribution in [0.5, 0.6) is 0 Å². The Morgan fingerprint density at radius 1 is 1.29 bits per heavy atom. The molecule has 0 aliphatic heterocycles. The van der Waals surface area contributed by atoms with E-state index in [1.807, 2.05) is 5.32 Å². The smallest absolute Gasteiger partial charge is 0.415 e. The zero-order valence-electron chi connectivity index (χ0n) is 11.2. The topological polar surface area (TPSA) is 81.4 Å². The fourth-order valence-corrected chi connectivity index (χ4v) is 1.54. The Bertz CT molecular complexity index is 254. The highest BCUT2D eigenvalue weighted by Gasteiger charge is 2.18. The predicted octanol–water partition coefficient (Wildman–Crippen LogP) is 2.50. The number of nitrogens with one attached hydrogen (secondary N) is 1. The molecule has 17 heavy (non-hydrogen) atoms. The van der Waals surface area contributed by atoms with Crippen LogP contribution in [0.25, 0.3) is 0 Å². The number of carbonyl (C=O) groups is 2. The van der Waals surface area contributed by atoms with Gasteiger partial charge in [0.25, 0.3) is 0 Å². The van der Waals surface area contributed by atoms with Crippen molar-refractivity contribution in [3.05, 3.63) is 0 Å². The summed E-state index contributed by atoms with van der Waals surface area (Å²) in [4.78, 5) is 21.5. The lowest BCUT2D eigenvalue weighted by Gasteiger charge is -2.23. The van der Waals surface area contributed by atoms with E-state index >= 15 is 0 Å². The van der Waals surface area contributed by atoms with Gasteiger partial charge in [-0.05, 0) is 24.2 Å².